The number of hydrogen-bond donors (Lipinski definition) is 1. The van der Waals surface area contributed by atoms with E-state index in [-0.39, 0.29) is 18.3 Å². The van der Waals surface area contributed by atoms with Crippen LogP contribution in [-0.2, 0) is 4.79 Å². The predicted octanol–water partition coefficient (Wildman–Crippen LogP) is 1.12. The standard InChI is InChI=1S/C16H23FN2O3/c1-18(2)12-16(21)7-9-19(10-8-16)15(20)11-22-14-6-4-3-5-13(14)17/h3-6,21H,7-12H2,1-2H3. The van der Waals surface area contributed by atoms with Crippen molar-refractivity contribution < 1.29 is 19.0 Å². The highest BCUT2D eigenvalue weighted by Gasteiger charge is 2.34. The number of carbonyl (C=O) groups excluding carboxylic acids is 1. The molecule has 2 rings (SSSR count). The summed E-state index contributed by atoms with van der Waals surface area (Å²) < 4.78 is 18.6. The molecule has 1 aliphatic heterocycles. The highest BCUT2D eigenvalue weighted by atomic mass is 19.1. The fourth-order valence-corrected chi connectivity index (χ4v) is 2.71. The first-order valence-electron chi connectivity index (χ1n) is 7.42. The van der Waals surface area contributed by atoms with E-state index >= 15 is 0 Å². The highest BCUT2D eigenvalue weighted by molar-refractivity contribution is 5.77. The number of piperidine rings is 1. The monoisotopic (exact) mass is 310 g/mol. The zero-order chi connectivity index (χ0) is 16.2. The van der Waals surface area contributed by atoms with E-state index in [1.165, 1.54) is 12.1 Å². The first kappa shape index (κ1) is 16.7. The van der Waals surface area contributed by atoms with Gasteiger partial charge in [0.25, 0.3) is 5.91 Å². The quantitative estimate of drug-likeness (QED) is 0.885. The largest absolute Gasteiger partial charge is 0.481 e. The summed E-state index contributed by atoms with van der Waals surface area (Å²) in [5.74, 6) is -0.582. The van der Waals surface area contributed by atoms with Crippen LogP contribution in [0.25, 0.3) is 0 Å². The summed E-state index contributed by atoms with van der Waals surface area (Å²) in [6.07, 6.45) is 1.08. The van der Waals surface area contributed by atoms with Crippen molar-refractivity contribution in [2.75, 3.05) is 40.3 Å². The summed E-state index contributed by atoms with van der Waals surface area (Å²) in [6, 6.07) is 6.02. The van der Waals surface area contributed by atoms with E-state index in [9.17, 15) is 14.3 Å². The topological polar surface area (TPSA) is 53.0 Å². The first-order chi connectivity index (χ1) is 10.4. The van der Waals surface area contributed by atoms with Crippen molar-refractivity contribution in [2.24, 2.45) is 0 Å². The van der Waals surface area contributed by atoms with Crippen LogP contribution in [0.5, 0.6) is 5.75 Å². The van der Waals surface area contributed by atoms with Gasteiger partial charge in [0, 0.05) is 19.6 Å². The molecule has 0 spiro atoms. The van der Waals surface area contributed by atoms with Gasteiger partial charge in [-0.3, -0.25) is 4.79 Å². The molecule has 0 bridgehead atoms. The Balaban J connectivity index is 1.82. The Hall–Kier alpha value is -1.66. The van der Waals surface area contributed by atoms with Crippen LogP contribution in [0.3, 0.4) is 0 Å². The van der Waals surface area contributed by atoms with E-state index in [0.717, 1.165) is 0 Å². The maximum absolute atomic E-state index is 13.4. The van der Waals surface area contributed by atoms with Crippen molar-refractivity contribution in [1.82, 2.24) is 9.80 Å². The normalized spacial score (nSPS) is 17.6. The van der Waals surface area contributed by atoms with E-state index in [1.807, 2.05) is 19.0 Å². The molecule has 5 nitrogen and oxygen atoms in total. The third kappa shape index (κ3) is 4.42. The van der Waals surface area contributed by atoms with E-state index in [0.29, 0.717) is 32.5 Å². The molecule has 1 heterocycles. The Morgan fingerprint density at radius 1 is 1.36 bits per heavy atom. The molecule has 1 aliphatic rings. The molecule has 0 atom stereocenters. The molecule has 22 heavy (non-hydrogen) atoms. The second-order valence-electron chi connectivity index (χ2n) is 6.06. The van der Waals surface area contributed by atoms with Gasteiger partial charge in [-0.05, 0) is 39.1 Å². The fraction of sp³-hybridized carbons (Fsp3) is 0.562. The average Bonchev–Trinajstić information content (AvgIpc) is 2.45. The van der Waals surface area contributed by atoms with Gasteiger partial charge < -0.3 is 19.6 Å². The Morgan fingerprint density at radius 3 is 2.59 bits per heavy atom. The molecule has 1 saturated heterocycles. The fourth-order valence-electron chi connectivity index (χ4n) is 2.71. The maximum atomic E-state index is 13.4. The third-order valence-corrected chi connectivity index (χ3v) is 3.85. The Morgan fingerprint density at radius 2 is 2.00 bits per heavy atom. The summed E-state index contributed by atoms with van der Waals surface area (Å²) in [7, 11) is 3.83. The number of nitrogens with zero attached hydrogens (tertiary/aromatic N) is 2. The van der Waals surface area contributed by atoms with Crippen LogP contribution in [0.1, 0.15) is 12.8 Å². The number of hydrogen-bond acceptors (Lipinski definition) is 4. The minimum atomic E-state index is -0.743. The van der Waals surface area contributed by atoms with Crippen molar-refractivity contribution >= 4 is 5.91 Å². The first-order valence-corrected chi connectivity index (χ1v) is 7.42. The Labute approximate surface area is 130 Å². The van der Waals surface area contributed by atoms with Crippen molar-refractivity contribution in [2.45, 2.75) is 18.4 Å². The van der Waals surface area contributed by atoms with E-state index in [2.05, 4.69) is 0 Å². The highest BCUT2D eigenvalue weighted by Crippen LogP contribution is 2.23. The number of benzene rings is 1. The molecule has 1 amide bonds. The molecular formula is C16H23FN2O3. The number of carbonyl (C=O) groups is 1. The van der Waals surface area contributed by atoms with Gasteiger partial charge in [0.2, 0.25) is 0 Å². The molecule has 0 aromatic heterocycles. The average molecular weight is 310 g/mol. The molecule has 0 radical (unpaired) electrons. The van der Waals surface area contributed by atoms with Gasteiger partial charge in [-0.15, -0.1) is 0 Å². The zero-order valence-electron chi connectivity index (χ0n) is 13.1. The smallest absolute Gasteiger partial charge is 0.260 e. The number of likely N-dealkylation sites (tertiary alicyclic amines) is 1. The van der Waals surface area contributed by atoms with Gasteiger partial charge in [-0.1, -0.05) is 12.1 Å². The second-order valence-corrected chi connectivity index (χ2v) is 6.06. The molecular weight excluding hydrogens is 287 g/mol. The van der Waals surface area contributed by atoms with Crippen LogP contribution < -0.4 is 4.74 Å². The van der Waals surface area contributed by atoms with Crippen LogP contribution >= 0.6 is 0 Å². The second kappa shape index (κ2) is 7.07. The molecule has 0 aliphatic carbocycles. The van der Waals surface area contributed by atoms with Crippen molar-refractivity contribution in [1.29, 1.82) is 0 Å². The summed E-state index contributed by atoms with van der Waals surface area (Å²) in [5.41, 5.74) is -0.743. The van der Waals surface area contributed by atoms with Crippen LogP contribution in [0, 0.1) is 5.82 Å². The van der Waals surface area contributed by atoms with Gasteiger partial charge in [0.05, 0.1) is 5.60 Å². The van der Waals surface area contributed by atoms with Crippen LogP contribution in [0.4, 0.5) is 4.39 Å². The number of halogens is 1. The van der Waals surface area contributed by atoms with Gasteiger partial charge >= 0.3 is 0 Å². The Kier molecular flexibility index (Phi) is 5.37. The maximum Gasteiger partial charge on any atom is 0.260 e. The third-order valence-electron chi connectivity index (χ3n) is 3.85. The van der Waals surface area contributed by atoms with Gasteiger partial charge in [0.1, 0.15) is 0 Å². The Bertz CT molecular complexity index is 514. The molecule has 6 heteroatoms. The van der Waals surface area contributed by atoms with Crippen molar-refractivity contribution in [3.05, 3.63) is 30.1 Å². The van der Waals surface area contributed by atoms with E-state index in [4.69, 9.17) is 4.74 Å². The lowest BCUT2D eigenvalue weighted by Gasteiger charge is -2.39. The van der Waals surface area contributed by atoms with Gasteiger partial charge in [0.15, 0.2) is 18.2 Å². The van der Waals surface area contributed by atoms with Crippen LogP contribution in [0.2, 0.25) is 0 Å². The van der Waals surface area contributed by atoms with Crippen molar-refractivity contribution in [3.63, 3.8) is 0 Å². The number of likely N-dealkylation sites (N-methyl/N-ethyl adjacent to an activating group) is 1. The molecule has 1 N–H and O–H groups in total. The minimum Gasteiger partial charge on any atom is -0.481 e. The van der Waals surface area contributed by atoms with Crippen LogP contribution in [-0.4, -0.2) is 66.8 Å². The lowest BCUT2D eigenvalue weighted by atomic mass is 9.91. The molecule has 1 aromatic rings. The number of ether oxygens (including phenoxy) is 1. The lowest BCUT2D eigenvalue weighted by Crippen LogP contribution is -2.51. The zero-order valence-corrected chi connectivity index (χ0v) is 13.1. The van der Waals surface area contributed by atoms with E-state index < -0.39 is 11.4 Å². The number of rotatable bonds is 5. The minimum absolute atomic E-state index is 0.0805. The van der Waals surface area contributed by atoms with Gasteiger partial charge in [-0.25, -0.2) is 4.39 Å². The van der Waals surface area contributed by atoms with E-state index in [1.54, 1.807) is 17.0 Å². The number of aliphatic hydroxyl groups is 1. The van der Waals surface area contributed by atoms with Gasteiger partial charge in [-0.2, -0.15) is 0 Å². The molecule has 1 aromatic carbocycles. The number of para-hydroxylation sites is 1. The summed E-state index contributed by atoms with van der Waals surface area (Å²) >= 11 is 0. The molecule has 122 valence electrons. The van der Waals surface area contributed by atoms with Crippen molar-refractivity contribution in [3.8, 4) is 5.75 Å². The lowest BCUT2D eigenvalue weighted by molar-refractivity contribution is -0.138. The molecule has 0 unspecified atom stereocenters. The molecule has 1 fully saturated rings. The summed E-state index contributed by atoms with van der Waals surface area (Å²) in [4.78, 5) is 15.7. The summed E-state index contributed by atoms with van der Waals surface area (Å²) in [6.45, 7) is 1.38. The SMILES string of the molecule is CN(C)CC1(O)CCN(C(=O)COc2ccccc2F)CC1. The predicted molar refractivity (Wildman–Crippen MR) is 81.2 cm³/mol. The number of amides is 1. The van der Waals surface area contributed by atoms with Crippen LogP contribution in [0.15, 0.2) is 24.3 Å². The summed E-state index contributed by atoms with van der Waals surface area (Å²) in [5, 5.41) is 10.4. The molecule has 0 saturated carbocycles.